The number of anilines is 2. The molecule has 3 nitrogen and oxygen atoms in total. The van der Waals surface area contributed by atoms with E-state index in [1.54, 1.807) is 25.2 Å². The van der Waals surface area contributed by atoms with Gasteiger partial charge in [-0.05, 0) is 55.3 Å². The van der Waals surface area contributed by atoms with Crippen molar-refractivity contribution in [1.82, 2.24) is 0 Å². The summed E-state index contributed by atoms with van der Waals surface area (Å²) < 4.78 is 0. The van der Waals surface area contributed by atoms with Crippen molar-refractivity contribution in [3.63, 3.8) is 0 Å². The van der Waals surface area contributed by atoms with E-state index in [0.29, 0.717) is 22.0 Å². The van der Waals surface area contributed by atoms with E-state index in [0.717, 1.165) is 11.1 Å². The van der Waals surface area contributed by atoms with Gasteiger partial charge < -0.3 is 10.6 Å². The van der Waals surface area contributed by atoms with Crippen molar-refractivity contribution in [2.75, 3.05) is 17.7 Å². The van der Waals surface area contributed by atoms with Crippen LogP contribution < -0.4 is 10.6 Å². The molecule has 2 aromatic rings. The summed E-state index contributed by atoms with van der Waals surface area (Å²) >= 11 is 5.96. The van der Waals surface area contributed by atoms with Crippen LogP contribution in [0.15, 0.2) is 36.4 Å². The average molecular weight is 289 g/mol. The van der Waals surface area contributed by atoms with Crippen LogP contribution in [-0.2, 0) is 0 Å². The zero-order valence-corrected chi connectivity index (χ0v) is 12.5. The molecule has 1 amide bonds. The highest BCUT2D eigenvalue weighted by atomic mass is 35.5. The summed E-state index contributed by atoms with van der Waals surface area (Å²) in [5.41, 5.74) is 9.92. The Morgan fingerprint density at radius 2 is 1.80 bits per heavy atom. The third-order valence-electron chi connectivity index (χ3n) is 3.41. The van der Waals surface area contributed by atoms with E-state index in [2.05, 4.69) is 0 Å². The van der Waals surface area contributed by atoms with Crippen LogP contribution in [0.25, 0.3) is 0 Å². The maximum absolute atomic E-state index is 12.5. The first-order valence-electron chi connectivity index (χ1n) is 6.30. The molecule has 0 aliphatic rings. The van der Waals surface area contributed by atoms with Crippen molar-refractivity contribution in [1.29, 1.82) is 0 Å². The lowest BCUT2D eigenvalue weighted by Crippen LogP contribution is -2.27. The predicted molar refractivity (Wildman–Crippen MR) is 84.5 cm³/mol. The van der Waals surface area contributed by atoms with Gasteiger partial charge in [0.05, 0.1) is 11.4 Å². The monoisotopic (exact) mass is 288 g/mol. The van der Waals surface area contributed by atoms with Gasteiger partial charge in [-0.15, -0.1) is 0 Å². The molecule has 0 aliphatic heterocycles. The SMILES string of the molecule is Cc1ccc(C(=O)N(C)c2cc(Cl)ccc2N)cc1C. The second kappa shape index (κ2) is 5.55. The molecule has 20 heavy (non-hydrogen) atoms. The van der Waals surface area contributed by atoms with Gasteiger partial charge >= 0.3 is 0 Å². The fraction of sp³-hybridized carbons (Fsp3) is 0.188. The maximum atomic E-state index is 12.5. The third kappa shape index (κ3) is 2.78. The molecule has 0 bridgehead atoms. The summed E-state index contributed by atoms with van der Waals surface area (Å²) in [4.78, 5) is 14.0. The molecule has 0 saturated carbocycles. The van der Waals surface area contributed by atoms with Gasteiger partial charge in [0.25, 0.3) is 5.91 Å². The van der Waals surface area contributed by atoms with Crippen molar-refractivity contribution in [2.45, 2.75) is 13.8 Å². The first-order chi connectivity index (χ1) is 9.40. The molecule has 0 unspecified atom stereocenters. The number of nitrogen functional groups attached to an aromatic ring is 1. The van der Waals surface area contributed by atoms with E-state index in [1.807, 2.05) is 32.0 Å². The first-order valence-corrected chi connectivity index (χ1v) is 6.68. The quantitative estimate of drug-likeness (QED) is 0.854. The highest BCUT2D eigenvalue weighted by Gasteiger charge is 2.16. The van der Waals surface area contributed by atoms with Gasteiger partial charge in [-0.2, -0.15) is 0 Å². The second-order valence-electron chi connectivity index (χ2n) is 4.87. The molecule has 2 rings (SSSR count). The van der Waals surface area contributed by atoms with Crippen molar-refractivity contribution in [3.05, 3.63) is 58.1 Å². The molecule has 0 saturated heterocycles. The summed E-state index contributed by atoms with van der Waals surface area (Å²) in [6, 6.07) is 10.7. The number of nitrogens with zero attached hydrogens (tertiary/aromatic N) is 1. The van der Waals surface area contributed by atoms with E-state index in [9.17, 15) is 4.79 Å². The molecule has 0 aliphatic carbocycles. The maximum Gasteiger partial charge on any atom is 0.258 e. The molecule has 2 N–H and O–H groups in total. The van der Waals surface area contributed by atoms with Gasteiger partial charge in [0.15, 0.2) is 0 Å². The minimum atomic E-state index is -0.109. The van der Waals surface area contributed by atoms with Gasteiger partial charge in [-0.1, -0.05) is 17.7 Å². The van der Waals surface area contributed by atoms with Gasteiger partial charge in [0.1, 0.15) is 0 Å². The number of aryl methyl sites for hydroxylation is 2. The minimum Gasteiger partial charge on any atom is -0.397 e. The molecule has 0 fully saturated rings. The zero-order chi connectivity index (χ0) is 14.9. The van der Waals surface area contributed by atoms with Crippen LogP contribution in [0.3, 0.4) is 0 Å². The molecule has 0 spiro atoms. The summed E-state index contributed by atoms with van der Waals surface area (Å²) in [7, 11) is 1.69. The Hall–Kier alpha value is -2.00. The molecule has 0 heterocycles. The van der Waals surface area contributed by atoms with Crippen molar-refractivity contribution in [2.24, 2.45) is 0 Å². The number of hydrogen-bond donors (Lipinski definition) is 1. The summed E-state index contributed by atoms with van der Waals surface area (Å²) in [5, 5.41) is 0.550. The number of halogens is 1. The number of carbonyl (C=O) groups excluding carboxylic acids is 1. The minimum absolute atomic E-state index is 0.109. The molecule has 0 aromatic heterocycles. The van der Waals surface area contributed by atoms with E-state index in [4.69, 9.17) is 17.3 Å². The number of amides is 1. The second-order valence-corrected chi connectivity index (χ2v) is 5.30. The molecule has 2 aromatic carbocycles. The Morgan fingerprint density at radius 3 is 2.45 bits per heavy atom. The van der Waals surface area contributed by atoms with Gasteiger partial charge in [-0.25, -0.2) is 0 Å². The number of rotatable bonds is 2. The standard InChI is InChI=1S/C16H17ClN2O/c1-10-4-5-12(8-11(10)2)16(20)19(3)15-9-13(17)6-7-14(15)18/h4-9H,18H2,1-3H3. The Kier molecular flexibility index (Phi) is 4.00. The van der Waals surface area contributed by atoms with Crippen LogP contribution in [-0.4, -0.2) is 13.0 Å². The van der Waals surface area contributed by atoms with Crippen LogP contribution in [0.4, 0.5) is 11.4 Å². The van der Waals surface area contributed by atoms with Crippen LogP contribution in [0.5, 0.6) is 0 Å². The van der Waals surface area contributed by atoms with Crippen LogP contribution in [0, 0.1) is 13.8 Å². The lowest BCUT2D eigenvalue weighted by Gasteiger charge is -2.20. The zero-order valence-electron chi connectivity index (χ0n) is 11.8. The predicted octanol–water partition coefficient (Wildman–Crippen LogP) is 3.82. The fourth-order valence-electron chi connectivity index (χ4n) is 1.98. The van der Waals surface area contributed by atoms with Crippen molar-refractivity contribution in [3.8, 4) is 0 Å². The molecule has 0 radical (unpaired) electrons. The Morgan fingerprint density at radius 1 is 1.10 bits per heavy atom. The molecule has 104 valence electrons. The summed E-state index contributed by atoms with van der Waals surface area (Å²) in [6.45, 7) is 4.00. The van der Waals surface area contributed by atoms with E-state index in [1.165, 1.54) is 4.90 Å². The van der Waals surface area contributed by atoms with E-state index < -0.39 is 0 Å². The summed E-state index contributed by atoms with van der Waals surface area (Å²) in [5.74, 6) is -0.109. The lowest BCUT2D eigenvalue weighted by molar-refractivity contribution is 0.0993. The molecular formula is C16H17ClN2O. The smallest absolute Gasteiger partial charge is 0.258 e. The molecular weight excluding hydrogens is 272 g/mol. The topological polar surface area (TPSA) is 46.3 Å². The Bertz CT molecular complexity index is 668. The van der Waals surface area contributed by atoms with Crippen molar-refractivity contribution >= 4 is 28.9 Å². The van der Waals surface area contributed by atoms with Crippen LogP contribution in [0.1, 0.15) is 21.5 Å². The molecule has 0 atom stereocenters. The number of nitrogens with two attached hydrogens (primary N) is 1. The van der Waals surface area contributed by atoms with Crippen LogP contribution in [0.2, 0.25) is 5.02 Å². The third-order valence-corrected chi connectivity index (χ3v) is 3.65. The largest absolute Gasteiger partial charge is 0.397 e. The first kappa shape index (κ1) is 14.4. The van der Waals surface area contributed by atoms with Gasteiger partial charge in [-0.3, -0.25) is 4.79 Å². The molecule has 4 heteroatoms. The van der Waals surface area contributed by atoms with E-state index >= 15 is 0 Å². The Balaban J connectivity index is 2.37. The van der Waals surface area contributed by atoms with Crippen molar-refractivity contribution < 1.29 is 4.79 Å². The van der Waals surface area contributed by atoms with Gasteiger partial charge in [0.2, 0.25) is 0 Å². The summed E-state index contributed by atoms with van der Waals surface area (Å²) in [6.07, 6.45) is 0. The van der Waals surface area contributed by atoms with Gasteiger partial charge in [0, 0.05) is 17.6 Å². The highest BCUT2D eigenvalue weighted by molar-refractivity contribution is 6.31. The fourth-order valence-corrected chi connectivity index (χ4v) is 2.15. The van der Waals surface area contributed by atoms with E-state index in [-0.39, 0.29) is 5.91 Å². The average Bonchev–Trinajstić information content (AvgIpc) is 2.43. The number of benzene rings is 2. The Labute approximate surface area is 124 Å². The van der Waals surface area contributed by atoms with Crippen LogP contribution >= 0.6 is 11.6 Å². The lowest BCUT2D eigenvalue weighted by atomic mass is 10.1. The normalized spacial score (nSPS) is 10.4. The highest BCUT2D eigenvalue weighted by Crippen LogP contribution is 2.27. The number of hydrogen-bond acceptors (Lipinski definition) is 2. The number of carbonyl (C=O) groups is 1.